The summed E-state index contributed by atoms with van der Waals surface area (Å²) in [5, 5.41) is 12.8. The van der Waals surface area contributed by atoms with Crippen LogP contribution in [-0.4, -0.2) is 15.4 Å². The highest BCUT2D eigenvalue weighted by molar-refractivity contribution is 7.98. The third-order valence-electron chi connectivity index (χ3n) is 4.16. The molecule has 4 rings (SSSR count). The molecule has 2 aromatic carbocycles. The summed E-state index contributed by atoms with van der Waals surface area (Å²) in [6, 6.07) is 14.1. The van der Waals surface area contributed by atoms with Gasteiger partial charge in [-0.25, -0.2) is 4.39 Å². The maximum Gasteiger partial charge on any atom is 0.277 e. The fourth-order valence-electron chi connectivity index (χ4n) is 2.58. The average Bonchev–Trinajstić information content (AvgIpc) is 3.28. The fraction of sp³-hybridized carbons (Fsp3) is 0.150. The normalized spacial score (nSPS) is 11.1. The van der Waals surface area contributed by atoms with E-state index in [0.717, 1.165) is 22.4 Å². The molecule has 0 atom stereocenters. The summed E-state index contributed by atoms with van der Waals surface area (Å²) < 4.78 is 24.2. The summed E-state index contributed by atoms with van der Waals surface area (Å²) in [7, 11) is 0. The largest absolute Gasteiger partial charge is 0.411 e. The van der Waals surface area contributed by atoms with Crippen molar-refractivity contribution in [2.24, 2.45) is 0 Å². The minimum Gasteiger partial charge on any atom is -0.411 e. The van der Waals surface area contributed by atoms with Gasteiger partial charge in [-0.3, -0.25) is 0 Å². The van der Waals surface area contributed by atoms with Gasteiger partial charge in [0.1, 0.15) is 5.82 Å². The number of rotatable bonds is 5. The van der Waals surface area contributed by atoms with E-state index in [2.05, 4.69) is 15.4 Å². The van der Waals surface area contributed by atoms with Gasteiger partial charge in [0.25, 0.3) is 5.22 Å². The zero-order valence-corrected chi connectivity index (χ0v) is 15.6. The monoisotopic (exact) mass is 381 g/mol. The first-order valence-corrected chi connectivity index (χ1v) is 9.33. The highest BCUT2D eigenvalue weighted by Crippen LogP contribution is 2.30. The number of benzene rings is 2. The lowest BCUT2D eigenvalue weighted by Gasteiger charge is -1.98. The SMILES string of the molecule is Cc1ccc(-c2nnc(SCc3noc(-c4ccc(F)cc4)c3C)o2)cc1. The number of aromatic nitrogens is 3. The summed E-state index contributed by atoms with van der Waals surface area (Å²) in [4.78, 5) is 0. The van der Waals surface area contributed by atoms with Crippen LogP contribution in [-0.2, 0) is 5.75 Å². The van der Waals surface area contributed by atoms with Gasteiger partial charge in [-0.15, -0.1) is 10.2 Å². The minimum absolute atomic E-state index is 0.285. The first kappa shape index (κ1) is 17.5. The molecule has 2 aromatic heterocycles. The van der Waals surface area contributed by atoms with E-state index >= 15 is 0 Å². The van der Waals surface area contributed by atoms with Crippen LogP contribution in [0.15, 0.2) is 62.7 Å². The number of thioether (sulfide) groups is 1. The Hall–Kier alpha value is -2.93. The van der Waals surface area contributed by atoms with Crippen molar-refractivity contribution in [3.8, 4) is 22.8 Å². The molecule has 0 fully saturated rings. The maximum atomic E-state index is 13.1. The van der Waals surface area contributed by atoms with Crippen LogP contribution in [0.3, 0.4) is 0 Å². The van der Waals surface area contributed by atoms with Crippen molar-refractivity contribution in [2.45, 2.75) is 24.8 Å². The second-order valence-electron chi connectivity index (χ2n) is 6.12. The van der Waals surface area contributed by atoms with Gasteiger partial charge in [-0.05, 0) is 50.2 Å². The van der Waals surface area contributed by atoms with E-state index in [1.807, 2.05) is 38.1 Å². The zero-order valence-electron chi connectivity index (χ0n) is 14.8. The second kappa shape index (κ2) is 7.36. The molecule has 0 saturated carbocycles. The molecular weight excluding hydrogens is 365 g/mol. The molecule has 0 aliphatic heterocycles. The first-order chi connectivity index (χ1) is 13.1. The van der Waals surface area contributed by atoms with E-state index in [0.29, 0.717) is 22.6 Å². The number of aryl methyl sites for hydroxylation is 1. The van der Waals surface area contributed by atoms with Crippen molar-refractivity contribution in [3.05, 3.63) is 71.2 Å². The molecule has 0 amide bonds. The molecule has 27 heavy (non-hydrogen) atoms. The van der Waals surface area contributed by atoms with E-state index in [1.54, 1.807) is 12.1 Å². The molecule has 0 radical (unpaired) electrons. The van der Waals surface area contributed by atoms with Crippen molar-refractivity contribution in [2.75, 3.05) is 0 Å². The molecule has 136 valence electrons. The van der Waals surface area contributed by atoms with Gasteiger partial charge < -0.3 is 8.94 Å². The van der Waals surface area contributed by atoms with Crippen molar-refractivity contribution in [3.63, 3.8) is 0 Å². The van der Waals surface area contributed by atoms with E-state index < -0.39 is 0 Å². The predicted octanol–water partition coefficient (Wildman–Crippen LogP) is 5.44. The lowest BCUT2D eigenvalue weighted by atomic mass is 10.1. The van der Waals surface area contributed by atoms with Crippen molar-refractivity contribution in [1.82, 2.24) is 15.4 Å². The molecule has 0 spiro atoms. The quantitative estimate of drug-likeness (QED) is 0.429. The van der Waals surface area contributed by atoms with Crippen LogP contribution in [0.25, 0.3) is 22.8 Å². The van der Waals surface area contributed by atoms with Crippen molar-refractivity contribution >= 4 is 11.8 Å². The van der Waals surface area contributed by atoms with Gasteiger partial charge in [0.15, 0.2) is 5.76 Å². The lowest BCUT2D eigenvalue weighted by Crippen LogP contribution is -1.85. The molecule has 4 aromatic rings. The molecule has 0 N–H and O–H groups in total. The molecule has 0 saturated heterocycles. The summed E-state index contributed by atoms with van der Waals surface area (Å²) >= 11 is 1.39. The summed E-state index contributed by atoms with van der Waals surface area (Å²) in [5.74, 6) is 1.37. The highest BCUT2D eigenvalue weighted by Gasteiger charge is 2.16. The van der Waals surface area contributed by atoms with Crippen LogP contribution in [0.2, 0.25) is 0 Å². The van der Waals surface area contributed by atoms with Crippen LogP contribution in [0.4, 0.5) is 4.39 Å². The summed E-state index contributed by atoms with van der Waals surface area (Å²) in [6.07, 6.45) is 0. The van der Waals surface area contributed by atoms with E-state index in [4.69, 9.17) is 8.94 Å². The topological polar surface area (TPSA) is 65.0 Å². The maximum absolute atomic E-state index is 13.1. The molecule has 7 heteroatoms. The van der Waals surface area contributed by atoms with E-state index in [-0.39, 0.29) is 5.82 Å². The van der Waals surface area contributed by atoms with Crippen molar-refractivity contribution in [1.29, 1.82) is 0 Å². The van der Waals surface area contributed by atoms with Gasteiger partial charge >= 0.3 is 0 Å². The fourth-order valence-corrected chi connectivity index (χ4v) is 3.35. The molecule has 0 aliphatic carbocycles. The van der Waals surface area contributed by atoms with Gasteiger partial charge in [-0.1, -0.05) is 34.6 Å². The Morgan fingerprint density at radius 1 is 0.926 bits per heavy atom. The Kier molecular flexibility index (Phi) is 4.77. The van der Waals surface area contributed by atoms with Crippen LogP contribution >= 0.6 is 11.8 Å². The highest BCUT2D eigenvalue weighted by atomic mass is 32.2. The Balaban J connectivity index is 1.46. The Morgan fingerprint density at radius 2 is 1.63 bits per heavy atom. The Bertz CT molecular complexity index is 1060. The van der Waals surface area contributed by atoms with Gasteiger partial charge in [-0.2, -0.15) is 0 Å². The van der Waals surface area contributed by atoms with Crippen LogP contribution in [0.1, 0.15) is 16.8 Å². The summed E-state index contributed by atoms with van der Waals surface area (Å²) in [6.45, 7) is 3.95. The zero-order chi connectivity index (χ0) is 18.8. The average molecular weight is 381 g/mol. The number of halogens is 1. The molecule has 5 nitrogen and oxygen atoms in total. The number of hydrogen-bond acceptors (Lipinski definition) is 6. The van der Waals surface area contributed by atoms with E-state index in [9.17, 15) is 4.39 Å². The summed E-state index contributed by atoms with van der Waals surface area (Å²) in [5.41, 5.74) is 4.54. The lowest BCUT2D eigenvalue weighted by molar-refractivity contribution is 0.426. The van der Waals surface area contributed by atoms with Gasteiger partial charge in [0.2, 0.25) is 5.89 Å². The van der Waals surface area contributed by atoms with Crippen LogP contribution < -0.4 is 0 Å². The third kappa shape index (κ3) is 3.78. The van der Waals surface area contributed by atoms with Gasteiger partial charge in [0, 0.05) is 22.4 Å². The molecule has 0 bridgehead atoms. The smallest absolute Gasteiger partial charge is 0.277 e. The van der Waals surface area contributed by atoms with Crippen molar-refractivity contribution < 1.29 is 13.3 Å². The first-order valence-electron chi connectivity index (χ1n) is 8.34. The van der Waals surface area contributed by atoms with Crippen LogP contribution in [0, 0.1) is 19.7 Å². The standard InChI is InChI=1S/C20H16FN3O2S/c1-12-3-5-15(6-4-12)19-22-23-20(25-19)27-11-17-13(2)18(26-24-17)14-7-9-16(21)10-8-14/h3-10H,11H2,1-2H3. The molecule has 0 aliphatic rings. The minimum atomic E-state index is -0.285. The number of nitrogens with zero attached hydrogens (tertiary/aromatic N) is 3. The molecular formula is C20H16FN3O2S. The predicted molar refractivity (Wildman–Crippen MR) is 101 cm³/mol. The van der Waals surface area contributed by atoms with Crippen LogP contribution in [0.5, 0.6) is 0 Å². The Labute approximate surface area is 159 Å². The number of hydrogen-bond donors (Lipinski definition) is 0. The second-order valence-corrected chi connectivity index (χ2v) is 7.04. The molecule has 0 unspecified atom stereocenters. The molecule has 2 heterocycles. The Morgan fingerprint density at radius 3 is 2.37 bits per heavy atom. The third-order valence-corrected chi connectivity index (χ3v) is 4.99. The van der Waals surface area contributed by atoms with Gasteiger partial charge in [0.05, 0.1) is 5.69 Å². The van der Waals surface area contributed by atoms with E-state index in [1.165, 1.54) is 29.5 Å².